The molecule has 1 N–H and O–H groups in total. The van der Waals surface area contributed by atoms with Crippen LogP contribution in [0.2, 0.25) is 0 Å². The molecule has 1 heterocycles. The molecular weight excluding hydrogens is 277 g/mol. The lowest BCUT2D eigenvalue weighted by atomic mass is 10.0. The molecule has 0 radical (unpaired) electrons. The lowest BCUT2D eigenvalue weighted by Crippen LogP contribution is -2.17. The van der Waals surface area contributed by atoms with Gasteiger partial charge < -0.3 is 9.84 Å². The van der Waals surface area contributed by atoms with Gasteiger partial charge in [0.05, 0.1) is 25.3 Å². The Labute approximate surface area is 103 Å². The minimum Gasteiger partial charge on any atom is -0.495 e. The van der Waals surface area contributed by atoms with Crippen LogP contribution >= 0.6 is 0 Å². The van der Waals surface area contributed by atoms with Crippen LogP contribution in [0.4, 0.5) is 22.0 Å². The summed E-state index contributed by atoms with van der Waals surface area (Å²) in [5.41, 5.74) is -3.84. The van der Waals surface area contributed by atoms with Crippen molar-refractivity contribution in [2.24, 2.45) is 0 Å². The van der Waals surface area contributed by atoms with Crippen LogP contribution in [0.3, 0.4) is 0 Å². The van der Waals surface area contributed by atoms with Gasteiger partial charge >= 0.3 is 12.1 Å². The van der Waals surface area contributed by atoms with Gasteiger partial charge in [-0.1, -0.05) is 0 Å². The largest absolute Gasteiger partial charge is 0.495 e. The fraction of sp³-hybridized carbons (Fsp3) is 0.400. The van der Waals surface area contributed by atoms with Crippen molar-refractivity contribution >= 4 is 5.97 Å². The molecular formula is C10H8F5NO3. The van der Waals surface area contributed by atoms with Crippen molar-refractivity contribution in [1.82, 2.24) is 4.98 Å². The number of ether oxygens (including phenoxy) is 1. The molecule has 0 atom stereocenters. The predicted molar refractivity (Wildman–Crippen MR) is 52.1 cm³/mol. The van der Waals surface area contributed by atoms with Gasteiger partial charge in [-0.05, 0) is 0 Å². The molecule has 0 aromatic carbocycles. The first-order valence-corrected chi connectivity index (χ1v) is 4.81. The average Bonchev–Trinajstić information content (AvgIpc) is 2.25. The number of methoxy groups -OCH3 is 1. The lowest BCUT2D eigenvalue weighted by Gasteiger charge is -2.17. The summed E-state index contributed by atoms with van der Waals surface area (Å²) >= 11 is 0. The van der Waals surface area contributed by atoms with Crippen LogP contribution in [0.25, 0.3) is 0 Å². The van der Waals surface area contributed by atoms with E-state index in [2.05, 4.69) is 9.72 Å². The van der Waals surface area contributed by atoms with E-state index in [0.717, 1.165) is 7.11 Å². The molecule has 4 nitrogen and oxygen atoms in total. The van der Waals surface area contributed by atoms with Gasteiger partial charge in [-0.2, -0.15) is 13.2 Å². The van der Waals surface area contributed by atoms with Crippen LogP contribution in [-0.4, -0.2) is 23.2 Å². The van der Waals surface area contributed by atoms with Crippen LogP contribution in [0, 0.1) is 0 Å². The van der Waals surface area contributed by atoms with E-state index in [1.165, 1.54) is 0 Å². The van der Waals surface area contributed by atoms with Gasteiger partial charge in [0, 0.05) is 5.56 Å². The zero-order valence-electron chi connectivity index (χ0n) is 9.46. The van der Waals surface area contributed by atoms with Crippen LogP contribution in [-0.2, 0) is 17.4 Å². The third kappa shape index (κ3) is 3.30. The van der Waals surface area contributed by atoms with Gasteiger partial charge in [0.15, 0.2) is 0 Å². The molecule has 0 spiro atoms. The van der Waals surface area contributed by atoms with Crippen molar-refractivity contribution in [3.8, 4) is 5.75 Å². The number of carbonyl (C=O) groups is 1. The Morgan fingerprint density at radius 3 is 2.42 bits per heavy atom. The molecule has 0 aliphatic carbocycles. The molecule has 0 aliphatic rings. The van der Waals surface area contributed by atoms with Gasteiger partial charge in [-0.25, -0.2) is 13.8 Å². The van der Waals surface area contributed by atoms with Crippen molar-refractivity contribution < 1.29 is 36.6 Å². The van der Waals surface area contributed by atoms with Crippen LogP contribution in [0.5, 0.6) is 5.75 Å². The summed E-state index contributed by atoms with van der Waals surface area (Å²) in [5.74, 6) is -2.26. The molecule has 0 unspecified atom stereocenters. The first-order chi connectivity index (χ1) is 8.68. The van der Waals surface area contributed by atoms with Crippen LogP contribution in [0.15, 0.2) is 6.20 Å². The minimum atomic E-state index is -5.03. The molecule has 0 amide bonds. The average molecular weight is 285 g/mol. The van der Waals surface area contributed by atoms with E-state index in [0.29, 0.717) is 6.20 Å². The third-order valence-corrected chi connectivity index (χ3v) is 2.22. The topological polar surface area (TPSA) is 59.4 Å². The number of halogens is 5. The Morgan fingerprint density at radius 1 is 1.47 bits per heavy atom. The molecule has 1 aromatic heterocycles. The number of aromatic nitrogens is 1. The Hall–Kier alpha value is -1.93. The summed E-state index contributed by atoms with van der Waals surface area (Å²) in [5, 5.41) is 8.55. The zero-order chi connectivity index (χ0) is 14.8. The second-order valence-corrected chi connectivity index (χ2v) is 3.44. The third-order valence-electron chi connectivity index (χ3n) is 2.22. The van der Waals surface area contributed by atoms with Gasteiger partial charge in [-0.15, -0.1) is 0 Å². The highest BCUT2D eigenvalue weighted by Crippen LogP contribution is 2.39. The first kappa shape index (κ1) is 15.1. The normalized spacial score (nSPS) is 11.7. The maximum atomic E-state index is 12.8. The highest BCUT2D eigenvalue weighted by molar-refractivity contribution is 5.72. The highest BCUT2D eigenvalue weighted by Gasteiger charge is 2.39. The zero-order valence-corrected chi connectivity index (χ0v) is 9.46. The van der Waals surface area contributed by atoms with Crippen molar-refractivity contribution in [3.63, 3.8) is 0 Å². The van der Waals surface area contributed by atoms with E-state index in [1.807, 2.05) is 0 Å². The molecule has 0 fully saturated rings. The number of aliphatic carboxylic acids is 1. The Morgan fingerprint density at radius 2 is 2.05 bits per heavy atom. The second kappa shape index (κ2) is 5.37. The number of carboxylic acids is 1. The number of hydrogen-bond donors (Lipinski definition) is 1. The van der Waals surface area contributed by atoms with E-state index in [-0.39, 0.29) is 0 Å². The number of rotatable bonds is 4. The Kier molecular flexibility index (Phi) is 4.28. The van der Waals surface area contributed by atoms with E-state index < -0.39 is 47.6 Å². The van der Waals surface area contributed by atoms with E-state index in [4.69, 9.17) is 5.11 Å². The number of carboxylic acid groups (broad SMARTS) is 1. The number of pyridine rings is 1. The Bertz CT molecular complexity index is 487. The molecule has 1 rings (SSSR count). The van der Waals surface area contributed by atoms with E-state index >= 15 is 0 Å². The van der Waals surface area contributed by atoms with Crippen molar-refractivity contribution in [2.45, 2.75) is 19.0 Å². The highest BCUT2D eigenvalue weighted by atomic mass is 19.4. The van der Waals surface area contributed by atoms with Gasteiger partial charge in [-0.3, -0.25) is 4.79 Å². The molecule has 0 aliphatic heterocycles. The van der Waals surface area contributed by atoms with Gasteiger partial charge in [0.2, 0.25) is 0 Å². The smallest absolute Gasteiger partial charge is 0.433 e. The Balaban J connectivity index is 3.58. The van der Waals surface area contributed by atoms with Crippen LogP contribution in [0.1, 0.15) is 23.2 Å². The molecule has 9 heteroatoms. The standard InChI is InChI=1S/C10H8F5NO3/c1-19-5-3-16-8(10(13,14)15)4(2-6(17)18)7(5)9(11)12/h3,9H,2H2,1H3,(H,17,18). The van der Waals surface area contributed by atoms with Gasteiger partial charge in [0.1, 0.15) is 11.4 Å². The molecule has 106 valence electrons. The summed E-state index contributed by atoms with van der Waals surface area (Å²) < 4.78 is 68.1. The number of alkyl halides is 5. The second-order valence-electron chi connectivity index (χ2n) is 3.44. The van der Waals surface area contributed by atoms with Crippen molar-refractivity contribution in [1.29, 1.82) is 0 Å². The van der Waals surface area contributed by atoms with E-state index in [1.54, 1.807) is 0 Å². The first-order valence-electron chi connectivity index (χ1n) is 4.81. The summed E-state index contributed by atoms with van der Waals surface area (Å²) in [7, 11) is 0.973. The quantitative estimate of drug-likeness (QED) is 0.864. The van der Waals surface area contributed by atoms with Crippen LogP contribution < -0.4 is 4.74 Å². The fourth-order valence-electron chi connectivity index (χ4n) is 1.52. The summed E-state index contributed by atoms with van der Waals surface area (Å²) in [6, 6.07) is 0. The van der Waals surface area contributed by atoms with Crippen molar-refractivity contribution in [3.05, 3.63) is 23.0 Å². The number of nitrogens with zero attached hydrogens (tertiary/aromatic N) is 1. The predicted octanol–water partition coefficient (Wildman–Crippen LogP) is 2.67. The maximum absolute atomic E-state index is 12.8. The fourth-order valence-corrected chi connectivity index (χ4v) is 1.52. The molecule has 0 bridgehead atoms. The SMILES string of the molecule is COc1cnc(C(F)(F)F)c(CC(=O)O)c1C(F)F. The van der Waals surface area contributed by atoms with Crippen molar-refractivity contribution in [2.75, 3.05) is 7.11 Å². The summed E-state index contributed by atoms with van der Waals surface area (Å²) in [6.45, 7) is 0. The molecule has 1 aromatic rings. The van der Waals surface area contributed by atoms with E-state index in [9.17, 15) is 26.7 Å². The minimum absolute atomic E-state index is 0.496. The maximum Gasteiger partial charge on any atom is 0.433 e. The summed E-state index contributed by atoms with van der Waals surface area (Å²) in [6.07, 6.45) is -9.07. The van der Waals surface area contributed by atoms with Gasteiger partial charge in [0.25, 0.3) is 6.43 Å². The summed E-state index contributed by atoms with van der Waals surface area (Å²) in [4.78, 5) is 13.5. The lowest BCUT2D eigenvalue weighted by molar-refractivity contribution is -0.142. The monoisotopic (exact) mass is 285 g/mol. The number of hydrogen-bond acceptors (Lipinski definition) is 3. The molecule has 0 saturated carbocycles. The molecule has 19 heavy (non-hydrogen) atoms. The molecule has 0 saturated heterocycles.